The van der Waals surface area contributed by atoms with Gasteiger partial charge in [0.15, 0.2) is 0 Å². The summed E-state index contributed by atoms with van der Waals surface area (Å²) in [4.78, 5) is 17.7. The van der Waals surface area contributed by atoms with E-state index in [-0.39, 0.29) is 10.8 Å². The van der Waals surface area contributed by atoms with E-state index >= 15 is 0 Å². The minimum Gasteiger partial charge on any atom is -0.369 e. The number of anilines is 1. The number of rotatable bonds is 4. The number of amides is 1. The van der Waals surface area contributed by atoms with Gasteiger partial charge in [-0.2, -0.15) is 4.31 Å². The highest BCUT2D eigenvalue weighted by Crippen LogP contribution is 2.32. The fraction of sp³-hybridized carbons (Fsp3) is 0.542. The lowest BCUT2D eigenvalue weighted by atomic mass is 9.98. The topological polar surface area (TPSA) is 65.9 Å². The Labute approximate surface area is 202 Å². The number of sulfonamides is 1. The minimum atomic E-state index is -3.81. The van der Waals surface area contributed by atoms with Crippen LogP contribution in [-0.2, 0) is 17.1 Å². The molecule has 180 valence electrons. The lowest BCUT2D eigenvalue weighted by Gasteiger charge is -2.35. The van der Waals surface area contributed by atoms with E-state index in [0.717, 1.165) is 18.5 Å². The summed E-state index contributed by atoms with van der Waals surface area (Å²) in [5.74, 6) is 0.425. The summed E-state index contributed by atoms with van der Waals surface area (Å²) in [6, 6.07) is 7.59. The van der Waals surface area contributed by atoms with Crippen molar-refractivity contribution < 1.29 is 13.2 Å². The third kappa shape index (κ3) is 4.53. The lowest BCUT2D eigenvalue weighted by molar-refractivity contribution is 0.0692. The number of carbonyl (C=O) groups is 1. The van der Waals surface area contributed by atoms with Crippen LogP contribution in [0.2, 0.25) is 5.02 Å². The van der Waals surface area contributed by atoms with Gasteiger partial charge in [0.2, 0.25) is 10.0 Å². The second-order valence-corrected chi connectivity index (χ2v) is 11.6. The van der Waals surface area contributed by atoms with Crippen LogP contribution in [0.15, 0.2) is 29.2 Å². The SMILES string of the molecule is Cc1c(C(=O)N2CCC(C)CC2)c(S(=O)(=O)N2CCN(c3ccc(Cl)cc3)CC2)c(C)n1C. The molecular formula is C24H33ClN4O3S. The van der Waals surface area contributed by atoms with Gasteiger partial charge in [-0.3, -0.25) is 4.79 Å². The molecule has 0 N–H and O–H groups in total. The first-order valence-electron chi connectivity index (χ1n) is 11.6. The maximum Gasteiger partial charge on any atom is 0.257 e. The van der Waals surface area contributed by atoms with E-state index in [1.807, 2.05) is 47.7 Å². The lowest BCUT2D eigenvalue weighted by Crippen LogP contribution is -2.49. The van der Waals surface area contributed by atoms with Crippen LogP contribution in [0.25, 0.3) is 0 Å². The second kappa shape index (κ2) is 9.31. The number of aromatic nitrogens is 1. The van der Waals surface area contributed by atoms with Crippen molar-refractivity contribution in [1.82, 2.24) is 13.8 Å². The highest BCUT2D eigenvalue weighted by Gasteiger charge is 2.38. The van der Waals surface area contributed by atoms with Gasteiger partial charge in [0.25, 0.3) is 5.91 Å². The summed E-state index contributed by atoms with van der Waals surface area (Å²) in [5.41, 5.74) is 2.68. The zero-order valence-electron chi connectivity index (χ0n) is 19.8. The van der Waals surface area contributed by atoms with Gasteiger partial charge in [-0.1, -0.05) is 18.5 Å². The number of halogens is 1. The fourth-order valence-corrected chi connectivity index (χ4v) is 6.85. The largest absolute Gasteiger partial charge is 0.369 e. The molecule has 1 aromatic heterocycles. The van der Waals surface area contributed by atoms with Gasteiger partial charge in [0, 0.05) is 68.4 Å². The Balaban J connectivity index is 1.60. The highest BCUT2D eigenvalue weighted by atomic mass is 35.5. The predicted octanol–water partition coefficient (Wildman–Crippen LogP) is 3.68. The molecule has 0 aliphatic carbocycles. The molecule has 0 radical (unpaired) electrons. The van der Waals surface area contributed by atoms with Crippen molar-refractivity contribution in [3.8, 4) is 0 Å². The normalized spacial score (nSPS) is 18.7. The number of piperidine rings is 1. The van der Waals surface area contributed by atoms with E-state index in [4.69, 9.17) is 11.6 Å². The van der Waals surface area contributed by atoms with E-state index < -0.39 is 10.0 Å². The molecule has 1 aromatic carbocycles. The van der Waals surface area contributed by atoms with Crippen LogP contribution < -0.4 is 4.90 Å². The van der Waals surface area contributed by atoms with E-state index in [0.29, 0.717) is 67.2 Å². The van der Waals surface area contributed by atoms with Crippen molar-refractivity contribution in [1.29, 1.82) is 0 Å². The molecule has 2 aliphatic heterocycles. The molecule has 4 rings (SSSR count). The van der Waals surface area contributed by atoms with Gasteiger partial charge >= 0.3 is 0 Å². The fourth-order valence-electron chi connectivity index (χ4n) is 4.82. The Morgan fingerprint density at radius 2 is 1.52 bits per heavy atom. The maximum atomic E-state index is 13.8. The molecule has 0 spiro atoms. The predicted molar refractivity (Wildman–Crippen MR) is 132 cm³/mol. The van der Waals surface area contributed by atoms with Gasteiger partial charge < -0.3 is 14.4 Å². The van der Waals surface area contributed by atoms with Gasteiger partial charge in [-0.25, -0.2) is 8.42 Å². The first-order chi connectivity index (χ1) is 15.6. The van der Waals surface area contributed by atoms with Crippen molar-refractivity contribution in [3.05, 3.63) is 46.2 Å². The smallest absolute Gasteiger partial charge is 0.257 e. The molecule has 2 fully saturated rings. The van der Waals surface area contributed by atoms with Gasteiger partial charge in [-0.05, 0) is 56.9 Å². The molecule has 2 aliphatic rings. The molecule has 0 bridgehead atoms. The molecule has 0 saturated carbocycles. The number of benzene rings is 1. The molecule has 2 saturated heterocycles. The number of nitrogens with zero attached hydrogens (tertiary/aromatic N) is 4. The van der Waals surface area contributed by atoms with Crippen LogP contribution in [0, 0.1) is 19.8 Å². The van der Waals surface area contributed by atoms with Crippen LogP contribution in [-0.4, -0.2) is 67.4 Å². The van der Waals surface area contributed by atoms with Crippen molar-refractivity contribution >= 4 is 33.2 Å². The second-order valence-electron chi connectivity index (χ2n) is 9.28. The Hall–Kier alpha value is -2.03. The first-order valence-corrected chi connectivity index (χ1v) is 13.4. The average Bonchev–Trinajstić information content (AvgIpc) is 3.04. The quantitative estimate of drug-likeness (QED) is 0.653. The summed E-state index contributed by atoms with van der Waals surface area (Å²) in [6.07, 6.45) is 1.90. The molecule has 7 nitrogen and oxygen atoms in total. The van der Waals surface area contributed by atoms with E-state index in [1.165, 1.54) is 4.31 Å². The molecule has 0 unspecified atom stereocenters. The molecule has 9 heteroatoms. The van der Waals surface area contributed by atoms with Gasteiger partial charge in [0.05, 0.1) is 5.56 Å². The van der Waals surface area contributed by atoms with Crippen LogP contribution in [0.3, 0.4) is 0 Å². The van der Waals surface area contributed by atoms with Crippen LogP contribution in [0.5, 0.6) is 0 Å². The highest BCUT2D eigenvalue weighted by molar-refractivity contribution is 7.89. The standard InChI is InChI=1S/C24H33ClN4O3S/c1-17-9-11-28(12-10-17)24(30)22-18(2)26(4)19(3)23(22)33(31,32)29-15-13-27(14-16-29)21-7-5-20(25)6-8-21/h5-8,17H,9-16H2,1-4H3. The van der Waals surface area contributed by atoms with Crippen molar-refractivity contribution in [3.63, 3.8) is 0 Å². The minimum absolute atomic E-state index is 0.165. The molecule has 33 heavy (non-hydrogen) atoms. The third-order valence-electron chi connectivity index (χ3n) is 7.24. The monoisotopic (exact) mass is 492 g/mol. The first kappa shape index (κ1) is 24.1. The van der Waals surface area contributed by atoms with Crippen LogP contribution >= 0.6 is 11.6 Å². The molecule has 0 atom stereocenters. The van der Waals surface area contributed by atoms with Crippen LogP contribution in [0.4, 0.5) is 5.69 Å². The van der Waals surface area contributed by atoms with Crippen molar-refractivity contribution in [2.45, 2.75) is 38.5 Å². The van der Waals surface area contributed by atoms with E-state index in [9.17, 15) is 13.2 Å². The van der Waals surface area contributed by atoms with E-state index in [2.05, 4.69) is 11.8 Å². The zero-order chi connectivity index (χ0) is 23.9. The van der Waals surface area contributed by atoms with Crippen molar-refractivity contribution in [2.75, 3.05) is 44.2 Å². The number of hydrogen-bond donors (Lipinski definition) is 0. The maximum absolute atomic E-state index is 13.8. The molecule has 2 aromatic rings. The Bertz CT molecular complexity index is 1130. The summed E-state index contributed by atoms with van der Waals surface area (Å²) in [5, 5.41) is 0.676. The zero-order valence-corrected chi connectivity index (χ0v) is 21.4. The summed E-state index contributed by atoms with van der Waals surface area (Å²) < 4.78 is 31.0. The molecule has 1 amide bonds. The molecule has 3 heterocycles. The number of hydrogen-bond acceptors (Lipinski definition) is 4. The van der Waals surface area contributed by atoms with Gasteiger partial charge in [-0.15, -0.1) is 0 Å². The van der Waals surface area contributed by atoms with Gasteiger partial charge in [0.1, 0.15) is 4.90 Å². The summed E-state index contributed by atoms with van der Waals surface area (Å²) >= 11 is 6.00. The third-order valence-corrected chi connectivity index (χ3v) is 9.55. The number of piperazine rings is 1. The summed E-state index contributed by atoms with van der Waals surface area (Å²) in [7, 11) is -1.98. The number of carbonyl (C=O) groups excluding carboxylic acids is 1. The Kier molecular flexibility index (Phi) is 6.80. The Morgan fingerprint density at radius 3 is 2.09 bits per heavy atom. The van der Waals surface area contributed by atoms with Crippen LogP contribution in [0.1, 0.15) is 41.5 Å². The van der Waals surface area contributed by atoms with Crippen molar-refractivity contribution in [2.24, 2.45) is 13.0 Å². The molecular weight excluding hydrogens is 460 g/mol. The van der Waals surface area contributed by atoms with E-state index in [1.54, 1.807) is 6.92 Å². The average molecular weight is 493 g/mol. The Morgan fingerprint density at radius 1 is 0.939 bits per heavy atom. The number of likely N-dealkylation sites (tertiary alicyclic amines) is 1. The summed E-state index contributed by atoms with van der Waals surface area (Å²) in [6.45, 7) is 9.07.